The van der Waals surface area contributed by atoms with Crippen molar-refractivity contribution in [1.29, 1.82) is 0 Å². The van der Waals surface area contributed by atoms with Gasteiger partial charge in [-0.25, -0.2) is 9.59 Å². The zero-order valence-electron chi connectivity index (χ0n) is 19.8. The van der Waals surface area contributed by atoms with Gasteiger partial charge >= 0.3 is 12.0 Å². The first-order valence-corrected chi connectivity index (χ1v) is 10.9. The Kier molecular flexibility index (Phi) is 9.46. The lowest BCUT2D eigenvalue weighted by Crippen LogP contribution is -2.51. The van der Waals surface area contributed by atoms with Crippen molar-refractivity contribution in [2.75, 3.05) is 45.2 Å². The van der Waals surface area contributed by atoms with Crippen molar-refractivity contribution in [2.45, 2.75) is 52.3 Å². The third-order valence-electron chi connectivity index (χ3n) is 5.02. The number of hydrogen-bond acceptors (Lipinski definition) is 6. The van der Waals surface area contributed by atoms with Gasteiger partial charge in [-0.2, -0.15) is 0 Å². The van der Waals surface area contributed by atoms with Crippen molar-refractivity contribution in [3.05, 3.63) is 29.8 Å². The van der Waals surface area contributed by atoms with Crippen LogP contribution in [0, 0.1) is 0 Å². The molecular formula is C23H36N4O5. The summed E-state index contributed by atoms with van der Waals surface area (Å²) in [6.07, 6.45) is 0.832. The molecule has 1 heterocycles. The van der Waals surface area contributed by atoms with Crippen LogP contribution in [-0.4, -0.2) is 79.2 Å². The summed E-state index contributed by atoms with van der Waals surface area (Å²) < 4.78 is 10.5. The molecule has 178 valence electrons. The lowest BCUT2D eigenvalue weighted by atomic mass is 10.2. The summed E-state index contributed by atoms with van der Waals surface area (Å²) in [6, 6.07) is 6.63. The molecule has 1 aromatic rings. The van der Waals surface area contributed by atoms with Crippen LogP contribution in [-0.2, 0) is 25.6 Å². The standard InChI is InChI=1S/C23H36N4O5/c1-17(28)24-19-9-7-18(8-10-19)15-26-11-6-12-27(14-13-26)22(30)25-20(21(29)31-5)16-32-23(2,3)4/h7-10,20H,6,11-16H2,1-5H3,(H,24,28)(H,25,30). The van der Waals surface area contributed by atoms with E-state index in [1.165, 1.54) is 14.0 Å². The van der Waals surface area contributed by atoms with Gasteiger partial charge in [0.1, 0.15) is 0 Å². The molecule has 1 unspecified atom stereocenters. The van der Waals surface area contributed by atoms with Gasteiger partial charge in [0.15, 0.2) is 6.04 Å². The number of esters is 1. The van der Waals surface area contributed by atoms with Gasteiger partial charge in [0, 0.05) is 45.3 Å². The lowest BCUT2D eigenvalue weighted by Gasteiger charge is -2.27. The molecule has 0 saturated carbocycles. The molecule has 2 N–H and O–H groups in total. The quantitative estimate of drug-likeness (QED) is 0.621. The van der Waals surface area contributed by atoms with E-state index >= 15 is 0 Å². The number of urea groups is 1. The van der Waals surface area contributed by atoms with Gasteiger partial charge in [0.05, 0.1) is 19.3 Å². The van der Waals surface area contributed by atoms with Crippen LogP contribution < -0.4 is 10.6 Å². The Morgan fingerprint density at radius 2 is 1.75 bits per heavy atom. The topological polar surface area (TPSA) is 100 Å². The molecule has 1 aromatic carbocycles. The van der Waals surface area contributed by atoms with Crippen molar-refractivity contribution in [1.82, 2.24) is 15.1 Å². The average molecular weight is 449 g/mol. The molecule has 1 aliphatic rings. The predicted octanol–water partition coefficient (Wildman–Crippen LogP) is 2.22. The van der Waals surface area contributed by atoms with Crippen LogP contribution in [0.3, 0.4) is 0 Å². The zero-order valence-corrected chi connectivity index (χ0v) is 19.8. The number of methoxy groups -OCH3 is 1. The fourth-order valence-corrected chi connectivity index (χ4v) is 3.37. The molecule has 32 heavy (non-hydrogen) atoms. The first kappa shape index (κ1) is 25.6. The average Bonchev–Trinajstić information content (AvgIpc) is 2.96. The van der Waals surface area contributed by atoms with Crippen molar-refractivity contribution >= 4 is 23.6 Å². The van der Waals surface area contributed by atoms with Gasteiger partial charge in [-0.15, -0.1) is 0 Å². The first-order valence-electron chi connectivity index (χ1n) is 10.9. The highest BCUT2D eigenvalue weighted by Crippen LogP contribution is 2.14. The minimum atomic E-state index is -0.854. The summed E-state index contributed by atoms with van der Waals surface area (Å²) >= 11 is 0. The molecule has 0 radical (unpaired) electrons. The van der Waals surface area contributed by atoms with Crippen LogP contribution in [0.25, 0.3) is 0 Å². The molecule has 1 aliphatic heterocycles. The van der Waals surface area contributed by atoms with Crippen LogP contribution >= 0.6 is 0 Å². The van der Waals surface area contributed by atoms with Crippen LogP contribution in [0.15, 0.2) is 24.3 Å². The fraction of sp³-hybridized carbons (Fsp3) is 0.609. The largest absolute Gasteiger partial charge is 0.467 e. The number of nitrogens with one attached hydrogen (secondary N) is 2. The Hall–Kier alpha value is -2.65. The fourth-order valence-electron chi connectivity index (χ4n) is 3.37. The molecule has 1 atom stereocenters. The predicted molar refractivity (Wildman–Crippen MR) is 122 cm³/mol. The Morgan fingerprint density at radius 1 is 1.06 bits per heavy atom. The summed E-state index contributed by atoms with van der Waals surface area (Å²) in [7, 11) is 1.30. The van der Waals surface area contributed by atoms with Gasteiger partial charge in [-0.05, 0) is 44.9 Å². The monoisotopic (exact) mass is 448 g/mol. The maximum Gasteiger partial charge on any atom is 0.330 e. The van der Waals surface area contributed by atoms with Gasteiger partial charge in [-0.1, -0.05) is 12.1 Å². The second-order valence-corrected chi connectivity index (χ2v) is 8.94. The number of anilines is 1. The highest BCUT2D eigenvalue weighted by Gasteiger charge is 2.27. The molecule has 2 rings (SSSR count). The maximum absolute atomic E-state index is 12.8. The smallest absolute Gasteiger partial charge is 0.330 e. The Bertz CT molecular complexity index is 776. The zero-order chi connectivity index (χ0) is 23.7. The molecule has 9 nitrogen and oxygen atoms in total. The number of hydrogen-bond donors (Lipinski definition) is 2. The number of ether oxygens (including phenoxy) is 2. The second kappa shape index (κ2) is 11.8. The molecule has 9 heteroatoms. The third-order valence-corrected chi connectivity index (χ3v) is 5.02. The number of benzene rings is 1. The van der Waals surface area contributed by atoms with Crippen molar-refractivity contribution in [3.8, 4) is 0 Å². The van der Waals surface area contributed by atoms with E-state index in [-0.39, 0.29) is 18.5 Å². The van der Waals surface area contributed by atoms with Gasteiger partial charge in [0.25, 0.3) is 0 Å². The number of carbonyl (C=O) groups excluding carboxylic acids is 3. The van der Waals surface area contributed by atoms with E-state index in [2.05, 4.69) is 15.5 Å². The Balaban J connectivity index is 1.88. The normalized spacial score (nSPS) is 16.1. The third kappa shape index (κ3) is 8.84. The van der Waals surface area contributed by atoms with Crippen LogP contribution in [0.2, 0.25) is 0 Å². The van der Waals surface area contributed by atoms with E-state index in [1.54, 1.807) is 4.90 Å². The highest BCUT2D eigenvalue weighted by atomic mass is 16.5. The van der Waals surface area contributed by atoms with E-state index in [1.807, 2.05) is 45.0 Å². The molecular weight excluding hydrogens is 412 g/mol. The van der Waals surface area contributed by atoms with Gasteiger partial charge < -0.3 is 25.0 Å². The highest BCUT2D eigenvalue weighted by molar-refractivity contribution is 5.88. The maximum atomic E-state index is 12.8. The summed E-state index contributed by atoms with van der Waals surface area (Å²) in [5.74, 6) is -0.621. The Labute approximate surface area is 190 Å². The molecule has 0 aromatic heterocycles. The molecule has 1 fully saturated rings. The van der Waals surface area contributed by atoms with Crippen LogP contribution in [0.1, 0.15) is 39.7 Å². The summed E-state index contributed by atoms with van der Waals surface area (Å²) in [4.78, 5) is 40.1. The van der Waals surface area contributed by atoms with Crippen LogP contribution in [0.5, 0.6) is 0 Å². The molecule has 0 bridgehead atoms. The molecule has 0 spiro atoms. The minimum Gasteiger partial charge on any atom is -0.467 e. The number of nitrogens with zero attached hydrogens (tertiary/aromatic N) is 2. The van der Waals surface area contributed by atoms with Gasteiger partial charge in [-0.3, -0.25) is 9.69 Å². The lowest BCUT2D eigenvalue weighted by molar-refractivity contribution is -0.146. The molecule has 0 aliphatic carbocycles. The number of carbonyl (C=O) groups is 3. The van der Waals surface area contributed by atoms with E-state index in [0.29, 0.717) is 13.1 Å². The second-order valence-electron chi connectivity index (χ2n) is 8.94. The van der Waals surface area contributed by atoms with Crippen molar-refractivity contribution < 1.29 is 23.9 Å². The summed E-state index contributed by atoms with van der Waals surface area (Å²) in [6.45, 7) is 10.7. The number of amides is 3. The van der Waals surface area contributed by atoms with E-state index < -0.39 is 17.6 Å². The Morgan fingerprint density at radius 3 is 2.34 bits per heavy atom. The first-order chi connectivity index (χ1) is 15.1. The molecule has 3 amide bonds. The van der Waals surface area contributed by atoms with Crippen molar-refractivity contribution in [2.24, 2.45) is 0 Å². The van der Waals surface area contributed by atoms with E-state index in [9.17, 15) is 14.4 Å². The summed E-state index contributed by atoms with van der Waals surface area (Å²) in [5.41, 5.74) is 1.48. The SMILES string of the molecule is COC(=O)C(COC(C)(C)C)NC(=O)N1CCCN(Cc2ccc(NC(C)=O)cc2)CC1. The number of rotatable bonds is 7. The minimum absolute atomic E-state index is 0.0519. The summed E-state index contributed by atoms with van der Waals surface area (Å²) in [5, 5.41) is 5.52. The van der Waals surface area contributed by atoms with Crippen LogP contribution in [0.4, 0.5) is 10.5 Å². The molecule has 1 saturated heterocycles. The van der Waals surface area contributed by atoms with Gasteiger partial charge in [0.2, 0.25) is 5.91 Å². The van der Waals surface area contributed by atoms with E-state index in [4.69, 9.17) is 9.47 Å². The van der Waals surface area contributed by atoms with E-state index in [0.717, 1.165) is 37.3 Å². The van der Waals surface area contributed by atoms with Crippen molar-refractivity contribution in [3.63, 3.8) is 0 Å².